The van der Waals surface area contributed by atoms with Crippen LogP contribution >= 0.6 is 15.9 Å². The highest BCUT2D eigenvalue weighted by Gasteiger charge is 2.63. The molecule has 0 radical (unpaired) electrons. The van der Waals surface area contributed by atoms with Crippen molar-refractivity contribution in [2.24, 2.45) is 34.5 Å². The molecule has 0 heterocycles. The molecular formula is C19H29BrO3. The minimum atomic E-state index is -0.304. The smallest absolute Gasteiger partial charge is 0.0886 e. The van der Waals surface area contributed by atoms with Crippen molar-refractivity contribution in [1.29, 1.82) is 0 Å². The molecule has 0 unspecified atom stereocenters. The number of allylic oxidation sites excluding steroid dienone is 2. The first kappa shape index (κ1) is 16.4. The van der Waals surface area contributed by atoms with Crippen LogP contribution in [0.25, 0.3) is 0 Å². The Kier molecular flexibility index (Phi) is 3.72. The lowest BCUT2D eigenvalue weighted by molar-refractivity contribution is -0.160. The van der Waals surface area contributed by atoms with Crippen molar-refractivity contribution in [3.63, 3.8) is 0 Å². The molecule has 3 saturated carbocycles. The van der Waals surface area contributed by atoms with Crippen LogP contribution in [0.5, 0.6) is 0 Å². The third kappa shape index (κ3) is 2.13. The Morgan fingerprint density at radius 3 is 2.61 bits per heavy atom. The van der Waals surface area contributed by atoms with E-state index in [0.717, 1.165) is 38.5 Å². The average Bonchev–Trinajstić information content (AvgIpc) is 2.73. The maximum Gasteiger partial charge on any atom is 0.0886 e. The van der Waals surface area contributed by atoms with Crippen LogP contribution in [0.4, 0.5) is 0 Å². The molecule has 3 nitrogen and oxygen atoms in total. The average molecular weight is 385 g/mol. The molecule has 0 spiro atoms. The molecule has 4 aliphatic carbocycles. The van der Waals surface area contributed by atoms with Gasteiger partial charge < -0.3 is 15.3 Å². The van der Waals surface area contributed by atoms with Gasteiger partial charge in [0, 0.05) is 11.2 Å². The van der Waals surface area contributed by atoms with Crippen molar-refractivity contribution in [2.75, 3.05) is 0 Å². The highest BCUT2D eigenvalue weighted by molar-refractivity contribution is 9.09. The maximum atomic E-state index is 11.0. The Hall–Kier alpha value is -0.0600. The normalized spacial score (nSPS) is 58.8. The van der Waals surface area contributed by atoms with Gasteiger partial charge in [-0.25, -0.2) is 0 Å². The van der Waals surface area contributed by atoms with Gasteiger partial charge in [-0.15, -0.1) is 0 Å². The zero-order chi connectivity index (χ0) is 16.6. The summed E-state index contributed by atoms with van der Waals surface area (Å²) in [5.74, 6) is 2.09. The van der Waals surface area contributed by atoms with Crippen molar-refractivity contribution in [3.05, 3.63) is 11.8 Å². The molecule has 23 heavy (non-hydrogen) atoms. The molecule has 130 valence electrons. The van der Waals surface area contributed by atoms with E-state index >= 15 is 0 Å². The summed E-state index contributed by atoms with van der Waals surface area (Å²) in [7, 11) is 0. The number of alkyl halides is 1. The fourth-order valence-electron chi connectivity index (χ4n) is 6.78. The molecule has 3 fully saturated rings. The Morgan fingerprint density at radius 1 is 1.13 bits per heavy atom. The van der Waals surface area contributed by atoms with E-state index in [-0.39, 0.29) is 27.9 Å². The molecule has 4 heteroatoms. The largest absolute Gasteiger partial charge is 0.513 e. The van der Waals surface area contributed by atoms with Crippen molar-refractivity contribution in [2.45, 2.75) is 69.4 Å². The highest BCUT2D eigenvalue weighted by atomic mass is 79.9. The zero-order valence-electron chi connectivity index (χ0n) is 14.1. The molecule has 0 saturated heterocycles. The third-order valence-corrected chi connectivity index (χ3v) is 9.13. The van der Waals surface area contributed by atoms with Gasteiger partial charge in [0.1, 0.15) is 0 Å². The van der Waals surface area contributed by atoms with Crippen LogP contribution in [0, 0.1) is 34.5 Å². The quantitative estimate of drug-likeness (QED) is 0.556. The van der Waals surface area contributed by atoms with Crippen molar-refractivity contribution in [3.8, 4) is 0 Å². The van der Waals surface area contributed by atoms with E-state index in [9.17, 15) is 15.3 Å². The lowest BCUT2D eigenvalue weighted by Crippen LogP contribution is -2.57. The summed E-state index contributed by atoms with van der Waals surface area (Å²) >= 11 is 3.68. The summed E-state index contributed by atoms with van der Waals surface area (Å²) in [6.07, 6.45) is 6.97. The molecule has 0 aromatic carbocycles. The van der Waals surface area contributed by atoms with Gasteiger partial charge in [-0.1, -0.05) is 29.8 Å². The van der Waals surface area contributed by atoms with Crippen molar-refractivity contribution in [1.82, 2.24) is 0 Å². The number of fused-ring (bicyclic) bond motifs is 5. The van der Waals surface area contributed by atoms with Crippen LogP contribution in [-0.4, -0.2) is 32.4 Å². The summed E-state index contributed by atoms with van der Waals surface area (Å²) < 4.78 is 0. The van der Waals surface area contributed by atoms with Gasteiger partial charge in [0.15, 0.2) is 0 Å². The van der Waals surface area contributed by atoms with E-state index in [1.165, 1.54) is 0 Å². The minimum Gasteiger partial charge on any atom is -0.513 e. The second-order valence-electron chi connectivity index (χ2n) is 9.14. The van der Waals surface area contributed by atoms with Gasteiger partial charge in [0.05, 0.1) is 18.0 Å². The van der Waals surface area contributed by atoms with Crippen LogP contribution in [0.15, 0.2) is 11.8 Å². The predicted molar refractivity (Wildman–Crippen MR) is 93.3 cm³/mol. The number of hydrogen-bond donors (Lipinski definition) is 3. The lowest BCUT2D eigenvalue weighted by atomic mass is 9.45. The first-order valence-electron chi connectivity index (χ1n) is 9.15. The van der Waals surface area contributed by atoms with E-state index in [4.69, 9.17) is 0 Å². The van der Waals surface area contributed by atoms with Crippen LogP contribution in [0.1, 0.15) is 52.4 Å². The van der Waals surface area contributed by atoms with E-state index in [0.29, 0.717) is 29.4 Å². The summed E-state index contributed by atoms with van der Waals surface area (Å²) in [4.78, 5) is 0.157. The van der Waals surface area contributed by atoms with E-state index < -0.39 is 0 Å². The molecule has 0 aromatic rings. The second kappa shape index (κ2) is 5.22. The van der Waals surface area contributed by atoms with Gasteiger partial charge in [0.2, 0.25) is 0 Å². The number of hydrogen-bond acceptors (Lipinski definition) is 3. The fourth-order valence-corrected chi connectivity index (χ4v) is 7.78. The predicted octanol–water partition coefficient (Wildman–Crippen LogP) is 3.79. The van der Waals surface area contributed by atoms with E-state index in [2.05, 4.69) is 29.8 Å². The Morgan fingerprint density at radius 2 is 1.87 bits per heavy atom. The molecule has 0 bridgehead atoms. The lowest BCUT2D eigenvalue weighted by Gasteiger charge is -2.60. The molecule has 9 atom stereocenters. The molecule has 0 aliphatic heterocycles. The van der Waals surface area contributed by atoms with Crippen molar-refractivity contribution < 1.29 is 15.3 Å². The van der Waals surface area contributed by atoms with Crippen molar-refractivity contribution >= 4 is 15.9 Å². The van der Waals surface area contributed by atoms with Gasteiger partial charge in [-0.3, -0.25) is 0 Å². The Bertz CT molecular complexity index is 535. The molecule has 0 amide bonds. The summed E-state index contributed by atoms with van der Waals surface area (Å²) in [6, 6.07) is 0. The van der Waals surface area contributed by atoms with Gasteiger partial charge >= 0.3 is 0 Å². The van der Waals surface area contributed by atoms with E-state index in [1.807, 2.05) is 6.08 Å². The Labute approximate surface area is 147 Å². The number of aliphatic hydroxyl groups is 3. The number of aliphatic hydroxyl groups excluding tert-OH is 3. The summed E-state index contributed by atoms with van der Waals surface area (Å²) in [5, 5.41) is 31.6. The summed E-state index contributed by atoms with van der Waals surface area (Å²) in [6.45, 7) is 4.61. The molecule has 4 aliphatic rings. The topological polar surface area (TPSA) is 60.7 Å². The zero-order valence-corrected chi connectivity index (χ0v) is 15.7. The number of rotatable bonds is 0. The molecular weight excluding hydrogens is 356 g/mol. The van der Waals surface area contributed by atoms with Crippen LogP contribution in [0.2, 0.25) is 0 Å². The molecule has 4 rings (SSSR count). The number of halogens is 1. The van der Waals surface area contributed by atoms with E-state index in [1.54, 1.807) is 0 Å². The first-order chi connectivity index (χ1) is 10.8. The Balaban J connectivity index is 1.71. The van der Waals surface area contributed by atoms with Crippen LogP contribution < -0.4 is 0 Å². The highest BCUT2D eigenvalue weighted by Crippen LogP contribution is 2.66. The monoisotopic (exact) mass is 384 g/mol. The minimum absolute atomic E-state index is 0.0633. The third-order valence-electron chi connectivity index (χ3n) is 8.25. The van der Waals surface area contributed by atoms with Gasteiger partial charge in [0.25, 0.3) is 0 Å². The second-order valence-corrected chi connectivity index (χ2v) is 10.3. The molecule has 0 aromatic heterocycles. The first-order valence-corrected chi connectivity index (χ1v) is 10.1. The summed E-state index contributed by atoms with van der Waals surface area (Å²) in [5.41, 5.74) is 0.124. The standard InChI is InChI=1S/C19H29BrO3/c1-18-5-3-11(21)7-10(18)8-15(22)16-12(18)4-6-19(2)13(16)9-14(20)17(19)23/h3,10,12-17,21-23H,4-9H2,1-2H3/t10-,12+,13+,14-,15+,16-,17+,18+,19+/m1/s1. The van der Waals surface area contributed by atoms with Gasteiger partial charge in [-0.2, -0.15) is 0 Å². The SMILES string of the molecule is C[C@]12CC=C(O)C[C@@H]1C[C@H](O)[C@@H]1[C@@H]2CC[C@]2(C)[C@@H](O)[C@H](Br)C[C@@H]12. The van der Waals surface area contributed by atoms with Gasteiger partial charge in [-0.05, 0) is 72.7 Å². The molecule has 3 N–H and O–H groups in total. The maximum absolute atomic E-state index is 11.0. The fraction of sp³-hybridized carbons (Fsp3) is 0.895. The van der Waals surface area contributed by atoms with Crippen LogP contribution in [0.3, 0.4) is 0 Å². The van der Waals surface area contributed by atoms with Crippen LogP contribution in [-0.2, 0) is 0 Å².